The maximum Gasteiger partial charge on any atom is 0.186 e. The van der Waals surface area contributed by atoms with Gasteiger partial charge in [-0.15, -0.1) is 0 Å². The normalized spacial score (nSPS) is 10.9. The molecule has 1 rings (SSSR count). The minimum absolute atomic E-state index is 0.0885. The van der Waals surface area contributed by atoms with Crippen molar-refractivity contribution in [2.75, 3.05) is 0 Å². The topological polar surface area (TPSA) is 73.6 Å². The Morgan fingerprint density at radius 2 is 1.88 bits per heavy atom. The van der Waals surface area contributed by atoms with E-state index in [-0.39, 0.29) is 11.6 Å². The van der Waals surface area contributed by atoms with Crippen LogP contribution in [0.4, 0.5) is 0 Å². The summed E-state index contributed by atoms with van der Waals surface area (Å²) in [5.41, 5.74) is 11.4. The Balaban J connectivity index is 2.88. The van der Waals surface area contributed by atoms with Crippen LogP contribution in [0.3, 0.4) is 0 Å². The number of nitrogens with zero attached hydrogens (tertiary/aromatic N) is 1. The van der Waals surface area contributed by atoms with Gasteiger partial charge in [-0.25, -0.2) is 4.99 Å². The fourth-order valence-electron chi connectivity index (χ4n) is 1.24. The molecule has 0 fully saturated rings. The van der Waals surface area contributed by atoms with Gasteiger partial charge in [0.25, 0.3) is 0 Å². The van der Waals surface area contributed by atoms with Gasteiger partial charge in [0.1, 0.15) is 11.4 Å². The van der Waals surface area contributed by atoms with Crippen LogP contribution in [0.5, 0.6) is 5.75 Å². The number of guanidine groups is 1. The fourth-order valence-corrected chi connectivity index (χ4v) is 1.24. The molecule has 0 unspecified atom stereocenters. The summed E-state index contributed by atoms with van der Waals surface area (Å²) < 4.78 is 5.81. The zero-order valence-electron chi connectivity index (χ0n) is 10.0. The number of para-hydroxylation sites is 1. The Kier molecular flexibility index (Phi) is 3.77. The Bertz CT molecular complexity index is 376. The lowest BCUT2D eigenvalue weighted by Gasteiger charge is -2.22. The van der Waals surface area contributed by atoms with E-state index in [9.17, 15) is 0 Å². The second-order valence-electron chi connectivity index (χ2n) is 4.56. The van der Waals surface area contributed by atoms with Gasteiger partial charge in [-0.2, -0.15) is 0 Å². The van der Waals surface area contributed by atoms with Gasteiger partial charge in [-0.05, 0) is 26.8 Å². The molecule has 4 heteroatoms. The van der Waals surface area contributed by atoms with E-state index in [4.69, 9.17) is 16.2 Å². The summed E-state index contributed by atoms with van der Waals surface area (Å²) in [5, 5.41) is 0. The van der Waals surface area contributed by atoms with Gasteiger partial charge in [0.05, 0.1) is 6.54 Å². The number of rotatable bonds is 3. The first-order valence-corrected chi connectivity index (χ1v) is 5.21. The Morgan fingerprint density at radius 3 is 2.44 bits per heavy atom. The molecule has 0 radical (unpaired) electrons. The number of nitrogens with two attached hydrogens (primary N) is 2. The van der Waals surface area contributed by atoms with Gasteiger partial charge in [0.15, 0.2) is 5.96 Å². The van der Waals surface area contributed by atoms with Crippen LogP contribution >= 0.6 is 0 Å². The molecule has 16 heavy (non-hydrogen) atoms. The van der Waals surface area contributed by atoms with Crippen molar-refractivity contribution in [2.24, 2.45) is 16.5 Å². The van der Waals surface area contributed by atoms with Gasteiger partial charge >= 0.3 is 0 Å². The van der Waals surface area contributed by atoms with E-state index in [0.29, 0.717) is 6.54 Å². The van der Waals surface area contributed by atoms with Gasteiger partial charge in [-0.3, -0.25) is 0 Å². The van der Waals surface area contributed by atoms with Gasteiger partial charge < -0.3 is 16.2 Å². The highest BCUT2D eigenvalue weighted by molar-refractivity contribution is 5.75. The predicted molar refractivity (Wildman–Crippen MR) is 66.3 cm³/mol. The van der Waals surface area contributed by atoms with Crippen molar-refractivity contribution < 1.29 is 4.74 Å². The van der Waals surface area contributed by atoms with E-state index in [1.54, 1.807) is 0 Å². The van der Waals surface area contributed by atoms with Gasteiger partial charge in [0.2, 0.25) is 0 Å². The molecule has 1 aromatic rings. The highest BCUT2D eigenvalue weighted by Crippen LogP contribution is 2.23. The molecule has 0 aliphatic heterocycles. The molecule has 0 spiro atoms. The van der Waals surface area contributed by atoms with Crippen molar-refractivity contribution in [2.45, 2.75) is 32.9 Å². The molecule has 0 aliphatic carbocycles. The molecule has 0 amide bonds. The summed E-state index contributed by atoms with van der Waals surface area (Å²) in [5.74, 6) is 0.908. The third kappa shape index (κ3) is 4.21. The molecule has 0 aliphatic rings. The fraction of sp³-hybridized carbons (Fsp3) is 0.417. The van der Waals surface area contributed by atoms with Crippen LogP contribution in [-0.4, -0.2) is 11.6 Å². The van der Waals surface area contributed by atoms with Crippen LogP contribution in [0.2, 0.25) is 0 Å². The van der Waals surface area contributed by atoms with Crippen LogP contribution < -0.4 is 16.2 Å². The van der Waals surface area contributed by atoms with E-state index >= 15 is 0 Å². The Labute approximate surface area is 96.3 Å². The number of ether oxygens (including phenoxy) is 1. The van der Waals surface area contributed by atoms with Gasteiger partial charge in [0, 0.05) is 5.56 Å². The quantitative estimate of drug-likeness (QED) is 0.602. The summed E-state index contributed by atoms with van der Waals surface area (Å²) in [6, 6.07) is 7.74. The molecule has 4 nitrogen and oxygen atoms in total. The lowest BCUT2D eigenvalue weighted by Crippen LogP contribution is -2.24. The van der Waals surface area contributed by atoms with E-state index < -0.39 is 0 Å². The standard InChI is InChI=1S/C12H19N3O/c1-12(2,3)16-10-7-5-4-6-9(10)8-15-11(13)14/h4-7H,8H2,1-3H3,(H4,13,14,15). The first-order chi connectivity index (χ1) is 7.38. The zero-order valence-corrected chi connectivity index (χ0v) is 10.0. The summed E-state index contributed by atoms with van der Waals surface area (Å²) >= 11 is 0. The molecular formula is C12H19N3O. The summed E-state index contributed by atoms with van der Waals surface area (Å²) in [7, 11) is 0. The van der Waals surface area contributed by atoms with Crippen molar-refractivity contribution >= 4 is 5.96 Å². The summed E-state index contributed by atoms with van der Waals surface area (Å²) in [6.45, 7) is 6.45. The number of hydrogen-bond donors (Lipinski definition) is 2. The average molecular weight is 221 g/mol. The highest BCUT2D eigenvalue weighted by Gasteiger charge is 2.13. The average Bonchev–Trinajstić information content (AvgIpc) is 2.14. The lowest BCUT2D eigenvalue weighted by molar-refractivity contribution is 0.129. The maximum absolute atomic E-state index is 5.81. The van der Waals surface area contributed by atoms with Crippen molar-refractivity contribution in [3.8, 4) is 5.75 Å². The van der Waals surface area contributed by atoms with Crippen molar-refractivity contribution in [1.29, 1.82) is 0 Å². The highest BCUT2D eigenvalue weighted by atomic mass is 16.5. The summed E-state index contributed by atoms with van der Waals surface area (Å²) in [6.07, 6.45) is 0. The van der Waals surface area contributed by atoms with E-state index in [0.717, 1.165) is 11.3 Å². The number of aliphatic imine (C=N–C) groups is 1. The van der Waals surface area contributed by atoms with Crippen LogP contribution in [0.15, 0.2) is 29.3 Å². The third-order valence-electron chi connectivity index (χ3n) is 1.82. The molecule has 0 atom stereocenters. The largest absolute Gasteiger partial charge is 0.488 e. The second kappa shape index (κ2) is 4.88. The molecular weight excluding hydrogens is 202 g/mol. The Morgan fingerprint density at radius 1 is 1.25 bits per heavy atom. The number of hydrogen-bond acceptors (Lipinski definition) is 2. The lowest BCUT2D eigenvalue weighted by atomic mass is 10.1. The van der Waals surface area contributed by atoms with Crippen LogP contribution in [0.1, 0.15) is 26.3 Å². The summed E-state index contributed by atoms with van der Waals surface area (Å²) in [4.78, 5) is 3.98. The molecule has 88 valence electrons. The SMILES string of the molecule is CC(C)(C)Oc1ccccc1CN=C(N)N. The number of benzene rings is 1. The smallest absolute Gasteiger partial charge is 0.186 e. The Hall–Kier alpha value is -1.71. The van der Waals surface area contributed by atoms with E-state index in [2.05, 4.69) is 4.99 Å². The monoisotopic (exact) mass is 221 g/mol. The molecule has 0 heterocycles. The minimum atomic E-state index is -0.228. The first-order valence-electron chi connectivity index (χ1n) is 5.21. The van der Waals surface area contributed by atoms with Crippen molar-refractivity contribution in [3.05, 3.63) is 29.8 Å². The minimum Gasteiger partial charge on any atom is -0.488 e. The molecule has 1 aromatic carbocycles. The molecule has 0 saturated carbocycles. The van der Waals surface area contributed by atoms with Gasteiger partial charge in [-0.1, -0.05) is 18.2 Å². The van der Waals surface area contributed by atoms with E-state index in [1.807, 2.05) is 45.0 Å². The van der Waals surface area contributed by atoms with Crippen LogP contribution in [-0.2, 0) is 6.54 Å². The second-order valence-corrected chi connectivity index (χ2v) is 4.56. The zero-order chi connectivity index (χ0) is 12.2. The molecule has 0 aromatic heterocycles. The molecule has 0 bridgehead atoms. The van der Waals surface area contributed by atoms with Crippen LogP contribution in [0, 0.1) is 0 Å². The maximum atomic E-state index is 5.81. The first kappa shape index (κ1) is 12.4. The van der Waals surface area contributed by atoms with Crippen LogP contribution in [0.25, 0.3) is 0 Å². The third-order valence-corrected chi connectivity index (χ3v) is 1.82. The predicted octanol–water partition coefficient (Wildman–Crippen LogP) is 1.64. The van der Waals surface area contributed by atoms with Crippen molar-refractivity contribution in [1.82, 2.24) is 0 Å². The van der Waals surface area contributed by atoms with E-state index in [1.165, 1.54) is 0 Å². The van der Waals surface area contributed by atoms with Crippen molar-refractivity contribution in [3.63, 3.8) is 0 Å². The molecule has 4 N–H and O–H groups in total. The molecule has 0 saturated heterocycles.